The van der Waals surface area contributed by atoms with Gasteiger partial charge in [0, 0.05) is 12.4 Å². The van der Waals surface area contributed by atoms with Crippen molar-refractivity contribution in [1.82, 2.24) is 4.98 Å². The van der Waals surface area contributed by atoms with Crippen LogP contribution in [0.2, 0.25) is 0 Å². The highest BCUT2D eigenvalue weighted by Gasteiger charge is 2.04. The zero-order valence-corrected chi connectivity index (χ0v) is 10.2. The average molecular weight is 231 g/mol. The lowest BCUT2D eigenvalue weighted by atomic mass is 10.2. The van der Waals surface area contributed by atoms with Gasteiger partial charge in [-0.2, -0.15) is 0 Å². The molecular weight excluding hydrogens is 214 g/mol. The average Bonchev–Trinajstić information content (AvgIpc) is 2.40. The fraction of sp³-hybridized carbons (Fsp3) is 0.286. The van der Waals surface area contributed by atoms with Crippen molar-refractivity contribution in [3.8, 4) is 0 Å². The van der Waals surface area contributed by atoms with Crippen LogP contribution in [0, 0.1) is 0 Å². The Bertz CT molecular complexity index is 407. The lowest BCUT2D eigenvalue weighted by Crippen LogP contribution is -2.05. The molecule has 0 atom stereocenters. The molecule has 0 aliphatic heterocycles. The monoisotopic (exact) mass is 231 g/mol. The predicted molar refractivity (Wildman–Crippen MR) is 67.7 cm³/mol. The molecule has 90 valence electrons. The second kappa shape index (κ2) is 7.39. The van der Waals surface area contributed by atoms with Crippen LogP contribution in [0.15, 0.2) is 48.3 Å². The van der Waals surface area contributed by atoms with E-state index in [4.69, 9.17) is 4.74 Å². The molecule has 1 aromatic rings. The van der Waals surface area contributed by atoms with Gasteiger partial charge in [0.05, 0.1) is 5.56 Å². The highest BCUT2D eigenvalue weighted by atomic mass is 16.5. The largest absolute Gasteiger partial charge is 0.458 e. The number of carbonyl (C=O) groups excluding carboxylic acids is 1. The molecule has 0 N–H and O–H groups in total. The Kier molecular flexibility index (Phi) is 5.72. The van der Waals surface area contributed by atoms with Crippen molar-refractivity contribution >= 4 is 5.97 Å². The van der Waals surface area contributed by atoms with Crippen LogP contribution in [0.4, 0.5) is 0 Å². The summed E-state index contributed by atoms with van der Waals surface area (Å²) in [5, 5.41) is 0. The Hall–Kier alpha value is -1.90. The SMILES string of the molecule is CC=C(C=CCOC(=O)c1cccnc1)CC. The van der Waals surface area contributed by atoms with Gasteiger partial charge in [0.25, 0.3) is 0 Å². The fourth-order valence-corrected chi connectivity index (χ4v) is 1.31. The highest BCUT2D eigenvalue weighted by Crippen LogP contribution is 2.02. The minimum atomic E-state index is -0.346. The number of carbonyl (C=O) groups is 1. The molecule has 1 rings (SSSR count). The Balaban J connectivity index is 2.40. The minimum absolute atomic E-state index is 0.283. The first kappa shape index (κ1) is 13.2. The van der Waals surface area contributed by atoms with Gasteiger partial charge >= 0.3 is 5.97 Å². The summed E-state index contributed by atoms with van der Waals surface area (Å²) in [6.07, 6.45) is 9.94. The number of allylic oxidation sites excluding steroid dienone is 3. The third kappa shape index (κ3) is 4.64. The number of nitrogens with zero attached hydrogens (tertiary/aromatic N) is 1. The van der Waals surface area contributed by atoms with Crippen LogP contribution in [0.25, 0.3) is 0 Å². The van der Waals surface area contributed by atoms with Crippen LogP contribution in [0.5, 0.6) is 0 Å². The first-order valence-corrected chi connectivity index (χ1v) is 5.66. The number of pyridine rings is 1. The smallest absolute Gasteiger partial charge is 0.340 e. The number of esters is 1. The molecule has 0 saturated heterocycles. The summed E-state index contributed by atoms with van der Waals surface area (Å²) in [7, 11) is 0. The van der Waals surface area contributed by atoms with Crippen LogP contribution >= 0.6 is 0 Å². The maximum absolute atomic E-state index is 11.5. The van der Waals surface area contributed by atoms with E-state index in [9.17, 15) is 4.79 Å². The van der Waals surface area contributed by atoms with Crippen LogP contribution in [-0.2, 0) is 4.74 Å². The maximum Gasteiger partial charge on any atom is 0.340 e. The summed E-state index contributed by atoms with van der Waals surface area (Å²) in [5.41, 5.74) is 1.70. The van der Waals surface area contributed by atoms with Crippen LogP contribution < -0.4 is 0 Å². The van der Waals surface area contributed by atoms with Gasteiger partial charge in [0.15, 0.2) is 0 Å². The van der Waals surface area contributed by atoms with Crippen molar-refractivity contribution < 1.29 is 9.53 Å². The lowest BCUT2D eigenvalue weighted by Gasteiger charge is -2.01. The van der Waals surface area contributed by atoms with Gasteiger partial charge in [-0.25, -0.2) is 4.79 Å². The normalized spacial score (nSPS) is 11.8. The molecule has 0 aliphatic rings. The molecule has 0 aromatic carbocycles. The topological polar surface area (TPSA) is 39.2 Å². The Morgan fingerprint density at radius 1 is 1.53 bits per heavy atom. The molecule has 0 radical (unpaired) electrons. The number of ether oxygens (including phenoxy) is 1. The molecule has 0 spiro atoms. The zero-order chi connectivity index (χ0) is 12.5. The number of hydrogen-bond acceptors (Lipinski definition) is 3. The van der Waals surface area contributed by atoms with Crippen molar-refractivity contribution in [2.45, 2.75) is 20.3 Å². The van der Waals surface area contributed by atoms with E-state index < -0.39 is 0 Å². The standard InChI is InChI=1S/C14H17NO2/c1-3-12(4-2)7-6-10-17-14(16)13-8-5-9-15-11-13/h3,5-9,11H,4,10H2,1-2H3. The van der Waals surface area contributed by atoms with E-state index in [-0.39, 0.29) is 12.6 Å². The second-order valence-electron chi connectivity index (χ2n) is 3.46. The summed E-state index contributed by atoms with van der Waals surface area (Å²) in [6.45, 7) is 4.36. The van der Waals surface area contributed by atoms with E-state index in [0.717, 1.165) is 6.42 Å². The van der Waals surface area contributed by atoms with Gasteiger partial charge in [-0.05, 0) is 31.6 Å². The molecule has 0 fully saturated rings. The van der Waals surface area contributed by atoms with E-state index >= 15 is 0 Å². The van der Waals surface area contributed by atoms with E-state index in [1.165, 1.54) is 11.8 Å². The highest BCUT2D eigenvalue weighted by molar-refractivity contribution is 5.88. The molecule has 1 heterocycles. The van der Waals surface area contributed by atoms with Crippen LogP contribution in [0.1, 0.15) is 30.6 Å². The molecule has 0 unspecified atom stereocenters. The van der Waals surface area contributed by atoms with E-state index in [1.54, 1.807) is 18.3 Å². The lowest BCUT2D eigenvalue weighted by molar-refractivity contribution is 0.0549. The number of rotatable bonds is 5. The Labute approximate surface area is 102 Å². The third-order valence-electron chi connectivity index (χ3n) is 2.32. The maximum atomic E-state index is 11.5. The van der Waals surface area contributed by atoms with E-state index in [0.29, 0.717) is 5.56 Å². The molecule has 17 heavy (non-hydrogen) atoms. The zero-order valence-electron chi connectivity index (χ0n) is 10.2. The van der Waals surface area contributed by atoms with Gasteiger partial charge in [-0.3, -0.25) is 4.98 Å². The van der Waals surface area contributed by atoms with Gasteiger partial charge < -0.3 is 4.74 Å². The molecule has 0 aliphatic carbocycles. The summed E-state index contributed by atoms with van der Waals surface area (Å²) in [6, 6.07) is 3.39. The van der Waals surface area contributed by atoms with Gasteiger partial charge in [0.1, 0.15) is 6.61 Å². The summed E-state index contributed by atoms with van der Waals surface area (Å²) < 4.78 is 5.07. The molecule has 3 nitrogen and oxygen atoms in total. The molecule has 0 amide bonds. The molecule has 3 heteroatoms. The van der Waals surface area contributed by atoms with E-state index in [2.05, 4.69) is 11.9 Å². The second-order valence-corrected chi connectivity index (χ2v) is 3.46. The molecule has 1 aromatic heterocycles. The predicted octanol–water partition coefficient (Wildman–Crippen LogP) is 3.15. The molecule has 0 bridgehead atoms. The number of hydrogen-bond donors (Lipinski definition) is 0. The van der Waals surface area contributed by atoms with Crippen molar-refractivity contribution in [3.05, 3.63) is 53.9 Å². The van der Waals surface area contributed by atoms with Crippen LogP contribution in [-0.4, -0.2) is 17.6 Å². The Morgan fingerprint density at radius 3 is 2.94 bits per heavy atom. The third-order valence-corrected chi connectivity index (χ3v) is 2.32. The fourth-order valence-electron chi connectivity index (χ4n) is 1.31. The quantitative estimate of drug-likeness (QED) is 0.577. The first-order valence-electron chi connectivity index (χ1n) is 5.66. The van der Waals surface area contributed by atoms with Crippen LogP contribution in [0.3, 0.4) is 0 Å². The summed E-state index contributed by atoms with van der Waals surface area (Å²) >= 11 is 0. The summed E-state index contributed by atoms with van der Waals surface area (Å²) in [5.74, 6) is -0.346. The van der Waals surface area contributed by atoms with Gasteiger partial charge in [0.2, 0.25) is 0 Å². The first-order chi connectivity index (χ1) is 8.27. The van der Waals surface area contributed by atoms with E-state index in [1.807, 2.05) is 25.2 Å². The Morgan fingerprint density at radius 2 is 2.35 bits per heavy atom. The molecular formula is C14H17NO2. The van der Waals surface area contributed by atoms with Gasteiger partial charge in [-0.15, -0.1) is 0 Å². The summed E-state index contributed by atoms with van der Waals surface area (Å²) in [4.78, 5) is 15.4. The van der Waals surface area contributed by atoms with Crippen molar-refractivity contribution in [3.63, 3.8) is 0 Å². The van der Waals surface area contributed by atoms with Crippen molar-refractivity contribution in [2.24, 2.45) is 0 Å². The minimum Gasteiger partial charge on any atom is -0.458 e. The molecule has 0 saturated carbocycles. The number of aromatic nitrogens is 1. The van der Waals surface area contributed by atoms with Crippen molar-refractivity contribution in [2.75, 3.05) is 6.61 Å². The van der Waals surface area contributed by atoms with Crippen molar-refractivity contribution in [1.29, 1.82) is 0 Å². The van der Waals surface area contributed by atoms with Gasteiger partial charge in [-0.1, -0.05) is 24.6 Å².